The molecule has 2 aromatic rings. The van der Waals surface area contributed by atoms with Crippen LogP contribution in [0.4, 0.5) is 5.69 Å². The highest BCUT2D eigenvalue weighted by Crippen LogP contribution is 2.25. The Morgan fingerprint density at radius 1 is 1.56 bits per heavy atom. The number of para-hydroxylation sites is 1. The molecule has 2 rings (SSSR count). The van der Waals surface area contributed by atoms with Gasteiger partial charge >= 0.3 is 5.76 Å². The van der Waals surface area contributed by atoms with E-state index in [2.05, 4.69) is 19.9 Å². The molecule has 1 atom stereocenters. The van der Waals surface area contributed by atoms with Crippen LogP contribution in [0, 0.1) is 0 Å². The molecule has 0 aliphatic carbocycles. The Bertz CT molecular complexity index is 566. The molecule has 96 valence electrons. The second kappa shape index (κ2) is 5.74. The van der Waals surface area contributed by atoms with Crippen LogP contribution in [0.15, 0.2) is 38.4 Å². The number of benzene rings is 1. The summed E-state index contributed by atoms with van der Waals surface area (Å²) in [4.78, 5) is 11.8. The van der Waals surface area contributed by atoms with Gasteiger partial charge in [-0.1, -0.05) is 12.1 Å². The van der Waals surface area contributed by atoms with Gasteiger partial charge in [0.1, 0.15) is 6.10 Å². The van der Waals surface area contributed by atoms with Crippen LogP contribution in [0.1, 0.15) is 12.0 Å². The van der Waals surface area contributed by atoms with Crippen LogP contribution < -0.4 is 11.1 Å². The van der Waals surface area contributed by atoms with Gasteiger partial charge in [0, 0.05) is 17.1 Å². The smallest absolute Gasteiger partial charge is 0.390 e. The van der Waals surface area contributed by atoms with Crippen LogP contribution in [0.3, 0.4) is 0 Å². The van der Waals surface area contributed by atoms with E-state index in [0.29, 0.717) is 0 Å². The number of aromatic amines is 1. The third-order valence-corrected chi connectivity index (χ3v) is 3.13. The fourth-order valence-corrected chi connectivity index (χ4v) is 2.04. The van der Waals surface area contributed by atoms with E-state index in [-0.39, 0.29) is 12.4 Å². The largest absolute Gasteiger partial charge is 0.434 e. The minimum atomic E-state index is -0.973. The summed E-state index contributed by atoms with van der Waals surface area (Å²) in [5.74, 6) is -0.692. The molecule has 6 nitrogen and oxygen atoms in total. The Morgan fingerprint density at radius 3 is 3.00 bits per heavy atom. The average molecular weight is 267 g/mol. The third-order valence-electron chi connectivity index (χ3n) is 2.33. The molecule has 18 heavy (non-hydrogen) atoms. The summed E-state index contributed by atoms with van der Waals surface area (Å²) in [7, 11) is 0. The number of hydrogen-bond donors (Lipinski definition) is 3. The standard InChI is InChI=1S/C11H13N3O3S/c1-18-9-5-3-2-4-7(9)12-6-8(15)10-13-14-11(16)17-10/h2-5,8,12,15H,6H2,1H3,(H,14,16). The van der Waals surface area contributed by atoms with Gasteiger partial charge in [-0.3, -0.25) is 0 Å². The SMILES string of the molecule is CSc1ccccc1NCC(O)c1n[nH]c(=O)o1. The van der Waals surface area contributed by atoms with Gasteiger partial charge in [-0.05, 0) is 18.4 Å². The summed E-state index contributed by atoms with van der Waals surface area (Å²) in [6.07, 6.45) is 1.00. The van der Waals surface area contributed by atoms with Crippen LogP contribution in [-0.4, -0.2) is 28.1 Å². The fraction of sp³-hybridized carbons (Fsp3) is 0.273. The molecule has 3 N–H and O–H groups in total. The molecule has 0 aliphatic rings. The van der Waals surface area contributed by atoms with Crippen molar-refractivity contribution in [3.8, 4) is 0 Å². The number of anilines is 1. The van der Waals surface area contributed by atoms with E-state index in [1.807, 2.05) is 30.5 Å². The molecule has 0 bridgehead atoms. The number of H-pyrrole nitrogens is 1. The molecular weight excluding hydrogens is 254 g/mol. The van der Waals surface area contributed by atoms with Crippen molar-refractivity contribution >= 4 is 17.4 Å². The van der Waals surface area contributed by atoms with Crippen molar-refractivity contribution in [2.75, 3.05) is 18.1 Å². The van der Waals surface area contributed by atoms with E-state index in [1.54, 1.807) is 11.8 Å². The lowest BCUT2D eigenvalue weighted by atomic mass is 10.3. The maximum Gasteiger partial charge on any atom is 0.434 e. The number of aliphatic hydroxyl groups is 1. The zero-order valence-electron chi connectivity index (χ0n) is 9.71. The first-order valence-electron chi connectivity index (χ1n) is 5.31. The van der Waals surface area contributed by atoms with E-state index >= 15 is 0 Å². The molecule has 0 aliphatic heterocycles. The molecule has 7 heteroatoms. The Kier molecular flexibility index (Phi) is 4.06. The van der Waals surface area contributed by atoms with E-state index in [1.165, 1.54) is 0 Å². The molecule has 0 saturated heterocycles. The molecule has 0 spiro atoms. The van der Waals surface area contributed by atoms with E-state index in [4.69, 9.17) is 0 Å². The van der Waals surface area contributed by atoms with Gasteiger partial charge in [0.2, 0.25) is 5.89 Å². The predicted octanol–water partition coefficient (Wildman–Crippen LogP) is 1.23. The first-order valence-corrected chi connectivity index (χ1v) is 6.53. The Balaban J connectivity index is 2.01. The summed E-state index contributed by atoms with van der Waals surface area (Å²) in [5, 5.41) is 18.5. The molecule has 1 heterocycles. The Labute approximate surface area is 107 Å². The summed E-state index contributed by atoms with van der Waals surface area (Å²) in [5.41, 5.74) is 0.918. The molecule has 0 radical (unpaired) electrons. The van der Waals surface area contributed by atoms with E-state index in [0.717, 1.165) is 10.6 Å². The number of thioether (sulfide) groups is 1. The van der Waals surface area contributed by atoms with Crippen molar-refractivity contribution in [2.24, 2.45) is 0 Å². The van der Waals surface area contributed by atoms with E-state index in [9.17, 15) is 9.90 Å². The van der Waals surface area contributed by atoms with Crippen molar-refractivity contribution in [1.29, 1.82) is 0 Å². The first-order chi connectivity index (χ1) is 8.70. The number of hydrogen-bond acceptors (Lipinski definition) is 6. The van der Waals surface area contributed by atoms with Gasteiger partial charge in [-0.25, -0.2) is 9.89 Å². The second-order valence-corrected chi connectivity index (χ2v) is 4.40. The van der Waals surface area contributed by atoms with Crippen molar-refractivity contribution in [2.45, 2.75) is 11.0 Å². The average Bonchev–Trinajstić information content (AvgIpc) is 2.83. The van der Waals surface area contributed by atoms with E-state index < -0.39 is 11.9 Å². The molecule has 0 amide bonds. The zero-order chi connectivity index (χ0) is 13.0. The quantitative estimate of drug-likeness (QED) is 0.706. The highest BCUT2D eigenvalue weighted by atomic mass is 32.2. The second-order valence-electron chi connectivity index (χ2n) is 3.55. The Hall–Kier alpha value is -1.73. The van der Waals surface area contributed by atoms with Gasteiger partial charge in [0.25, 0.3) is 0 Å². The van der Waals surface area contributed by atoms with Gasteiger partial charge in [-0.2, -0.15) is 0 Å². The van der Waals surface area contributed by atoms with Crippen molar-refractivity contribution in [3.63, 3.8) is 0 Å². The molecule has 0 saturated carbocycles. The summed E-state index contributed by atoms with van der Waals surface area (Å²) in [6, 6.07) is 7.75. The maximum absolute atomic E-state index is 10.7. The highest BCUT2D eigenvalue weighted by Gasteiger charge is 2.14. The molecule has 1 aromatic carbocycles. The topological polar surface area (TPSA) is 91.1 Å². The Morgan fingerprint density at radius 2 is 2.33 bits per heavy atom. The van der Waals surface area contributed by atoms with Gasteiger partial charge in [0.05, 0.1) is 0 Å². The van der Waals surface area contributed by atoms with Gasteiger partial charge in [-0.15, -0.1) is 16.9 Å². The van der Waals surface area contributed by atoms with Crippen molar-refractivity contribution in [1.82, 2.24) is 10.2 Å². The third kappa shape index (κ3) is 2.93. The van der Waals surface area contributed by atoms with Gasteiger partial charge in [0.15, 0.2) is 0 Å². The molecule has 0 fully saturated rings. The minimum Gasteiger partial charge on any atom is -0.390 e. The van der Waals surface area contributed by atoms with Crippen molar-refractivity contribution in [3.05, 3.63) is 40.7 Å². The van der Waals surface area contributed by atoms with Crippen molar-refractivity contribution < 1.29 is 9.52 Å². The number of nitrogens with one attached hydrogen (secondary N) is 2. The minimum absolute atomic E-state index is 0.0193. The number of nitrogens with zero attached hydrogens (tertiary/aromatic N) is 1. The van der Waals surface area contributed by atoms with Crippen LogP contribution in [0.5, 0.6) is 0 Å². The molecule has 1 unspecified atom stereocenters. The first kappa shape index (κ1) is 12.7. The molecular formula is C11H13N3O3S. The number of rotatable bonds is 5. The summed E-state index contributed by atoms with van der Waals surface area (Å²) >= 11 is 1.61. The predicted molar refractivity (Wildman–Crippen MR) is 68.8 cm³/mol. The monoisotopic (exact) mass is 267 g/mol. The van der Waals surface area contributed by atoms with Crippen LogP contribution in [0.25, 0.3) is 0 Å². The summed E-state index contributed by atoms with van der Waals surface area (Å²) in [6.45, 7) is 0.214. The van der Waals surface area contributed by atoms with Crippen LogP contribution >= 0.6 is 11.8 Å². The fourth-order valence-electron chi connectivity index (χ4n) is 1.47. The number of aromatic nitrogens is 2. The lowest BCUT2D eigenvalue weighted by Crippen LogP contribution is -2.13. The normalized spacial score (nSPS) is 12.3. The zero-order valence-corrected chi connectivity index (χ0v) is 10.5. The van der Waals surface area contributed by atoms with Crippen LogP contribution in [0.2, 0.25) is 0 Å². The number of aliphatic hydroxyl groups excluding tert-OH is 1. The molecule has 1 aromatic heterocycles. The maximum atomic E-state index is 10.7. The highest BCUT2D eigenvalue weighted by molar-refractivity contribution is 7.98. The lowest BCUT2D eigenvalue weighted by Gasteiger charge is -2.12. The van der Waals surface area contributed by atoms with Crippen LogP contribution in [-0.2, 0) is 0 Å². The van der Waals surface area contributed by atoms with Gasteiger partial charge < -0.3 is 14.8 Å². The summed E-state index contributed by atoms with van der Waals surface area (Å²) < 4.78 is 4.67. The lowest BCUT2D eigenvalue weighted by molar-refractivity contribution is 0.154.